The second kappa shape index (κ2) is 4.10. The summed E-state index contributed by atoms with van der Waals surface area (Å²) in [5.41, 5.74) is 10.1. The van der Waals surface area contributed by atoms with Crippen molar-refractivity contribution in [2.24, 2.45) is 5.73 Å². The van der Waals surface area contributed by atoms with Gasteiger partial charge in [0.2, 0.25) is 0 Å². The van der Waals surface area contributed by atoms with Crippen molar-refractivity contribution in [2.75, 3.05) is 11.9 Å². The quantitative estimate of drug-likeness (QED) is 0.760. The maximum atomic E-state index is 5.70. The van der Waals surface area contributed by atoms with Crippen LogP contribution in [0.2, 0.25) is 0 Å². The summed E-state index contributed by atoms with van der Waals surface area (Å²) in [5.74, 6) is 0. The molecule has 0 bridgehead atoms. The molecule has 16 heavy (non-hydrogen) atoms. The average molecular weight is 218 g/mol. The van der Waals surface area contributed by atoms with Gasteiger partial charge in [-0.3, -0.25) is 0 Å². The van der Waals surface area contributed by atoms with Crippen LogP contribution in [0.25, 0.3) is 0 Å². The van der Waals surface area contributed by atoms with Gasteiger partial charge in [-0.05, 0) is 35.4 Å². The van der Waals surface area contributed by atoms with E-state index in [1.165, 1.54) is 16.8 Å². The molecule has 1 atom stereocenters. The van der Waals surface area contributed by atoms with E-state index in [4.69, 9.17) is 5.73 Å². The van der Waals surface area contributed by atoms with Crippen LogP contribution in [-0.2, 0) is 11.8 Å². The molecule has 0 spiro atoms. The maximum absolute atomic E-state index is 5.70. The summed E-state index contributed by atoms with van der Waals surface area (Å²) < 4.78 is 0. The minimum absolute atomic E-state index is 0.236. The first-order chi connectivity index (χ1) is 7.50. The summed E-state index contributed by atoms with van der Waals surface area (Å²) in [7, 11) is 0. The Labute approximate surface area is 98.2 Å². The lowest BCUT2D eigenvalue weighted by atomic mass is 9.84. The molecule has 1 heterocycles. The van der Waals surface area contributed by atoms with Gasteiger partial charge in [0.05, 0.1) is 0 Å². The van der Waals surface area contributed by atoms with Gasteiger partial charge in [0.1, 0.15) is 0 Å². The van der Waals surface area contributed by atoms with Crippen molar-refractivity contribution in [1.82, 2.24) is 0 Å². The van der Waals surface area contributed by atoms with Gasteiger partial charge in [-0.15, -0.1) is 0 Å². The van der Waals surface area contributed by atoms with Gasteiger partial charge in [-0.2, -0.15) is 0 Å². The third-order valence-electron chi connectivity index (χ3n) is 3.38. The molecule has 0 saturated heterocycles. The number of fused-ring (bicyclic) bond motifs is 1. The zero-order chi connectivity index (χ0) is 11.8. The molecular formula is C14H22N2. The normalized spacial score (nSPS) is 20.1. The zero-order valence-electron chi connectivity index (χ0n) is 10.5. The molecule has 0 saturated carbocycles. The molecule has 3 N–H and O–H groups in total. The Morgan fingerprint density at radius 2 is 2.12 bits per heavy atom. The van der Waals surface area contributed by atoms with Crippen LogP contribution in [0.1, 0.15) is 38.3 Å². The fourth-order valence-corrected chi connectivity index (χ4v) is 2.21. The van der Waals surface area contributed by atoms with E-state index in [2.05, 4.69) is 44.3 Å². The Morgan fingerprint density at radius 1 is 1.38 bits per heavy atom. The number of anilines is 1. The van der Waals surface area contributed by atoms with Gasteiger partial charge in [-0.1, -0.05) is 32.9 Å². The fourth-order valence-electron chi connectivity index (χ4n) is 2.21. The molecule has 2 rings (SSSR count). The second-order valence-corrected chi connectivity index (χ2v) is 5.74. The molecule has 0 radical (unpaired) electrons. The minimum atomic E-state index is 0.236. The van der Waals surface area contributed by atoms with Gasteiger partial charge < -0.3 is 11.1 Å². The largest absolute Gasteiger partial charge is 0.381 e. The first kappa shape index (κ1) is 11.5. The molecule has 2 heteroatoms. The number of rotatable bonds is 1. The maximum Gasteiger partial charge on any atom is 0.0387 e. The van der Waals surface area contributed by atoms with E-state index < -0.39 is 0 Å². The molecule has 0 fully saturated rings. The fraction of sp³-hybridized carbons (Fsp3) is 0.571. The predicted molar refractivity (Wildman–Crippen MR) is 69.9 cm³/mol. The van der Waals surface area contributed by atoms with Crippen LogP contribution in [0.4, 0.5) is 5.69 Å². The van der Waals surface area contributed by atoms with E-state index in [0.717, 1.165) is 19.4 Å². The third-order valence-corrected chi connectivity index (χ3v) is 3.38. The highest BCUT2D eigenvalue weighted by atomic mass is 14.9. The van der Waals surface area contributed by atoms with E-state index in [-0.39, 0.29) is 5.41 Å². The molecule has 1 unspecified atom stereocenters. The standard InChI is InChI=1S/C14H22N2/c1-14(2,3)11-5-7-13-10(8-11)4-6-12(9-15)16-13/h5,7-8,12,16H,4,6,9,15H2,1-3H3. The SMILES string of the molecule is CC(C)(C)c1ccc2c(c1)CCC(CN)N2. The Hall–Kier alpha value is -1.02. The highest BCUT2D eigenvalue weighted by molar-refractivity contribution is 5.56. The van der Waals surface area contributed by atoms with Gasteiger partial charge in [0.25, 0.3) is 0 Å². The van der Waals surface area contributed by atoms with E-state index in [9.17, 15) is 0 Å². The van der Waals surface area contributed by atoms with Gasteiger partial charge in [-0.25, -0.2) is 0 Å². The summed E-state index contributed by atoms with van der Waals surface area (Å²) in [5, 5.41) is 3.50. The van der Waals surface area contributed by atoms with Gasteiger partial charge in [0, 0.05) is 18.3 Å². The molecule has 1 aliphatic rings. The van der Waals surface area contributed by atoms with Crippen LogP contribution in [0.3, 0.4) is 0 Å². The minimum Gasteiger partial charge on any atom is -0.381 e. The van der Waals surface area contributed by atoms with Crippen LogP contribution in [0, 0.1) is 0 Å². The Morgan fingerprint density at radius 3 is 2.75 bits per heavy atom. The summed E-state index contributed by atoms with van der Waals surface area (Å²) in [6.45, 7) is 7.50. The smallest absolute Gasteiger partial charge is 0.0387 e. The van der Waals surface area contributed by atoms with Crippen molar-refractivity contribution in [3.63, 3.8) is 0 Å². The number of hydrogen-bond donors (Lipinski definition) is 2. The lowest BCUT2D eigenvalue weighted by Crippen LogP contribution is -2.32. The van der Waals surface area contributed by atoms with Crippen LogP contribution < -0.4 is 11.1 Å². The lowest BCUT2D eigenvalue weighted by Gasteiger charge is -2.28. The molecule has 88 valence electrons. The van der Waals surface area contributed by atoms with E-state index in [1.54, 1.807) is 0 Å². The number of aryl methyl sites for hydroxylation is 1. The molecule has 1 aromatic carbocycles. The molecule has 0 amide bonds. The van der Waals surface area contributed by atoms with Crippen LogP contribution in [0.15, 0.2) is 18.2 Å². The topological polar surface area (TPSA) is 38.0 Å². The Balaban J connectivity index is 2.28. The summed E-state index contributed by atoms with van der Waals surface area (Å²) in [6, 6.07) is 7.23. The summed E-state index contributed by atoms with van der Waals surface area (Å²) in [4.78, 5) is 0. The zero-order valence-corrected chi connectivity index (χ0v) is 10.5. The van der Waals surface area contributed by atoms with Crippen LogP contribution >= 0.6 is 0 Å². The van der Waals surface area contributed by atoms with Gasteiger partial charge in [0.15, 0.2) is 0 Å². The second-order valence-electron chi connectivity index (χ2n) is 5.74. The van der Waals surface area contributed by atoms with E-state index >= 15 is 0 Å². The van der Waals surface area contributed by atoms with Gasteiger partial charge >= 0.3 is 0 Å². The van der Waals surface area contributed by atoms with Crippen molar-refractivity contribution in [2.45, 2.75) is 45.1 Å². The molecule has 0 aromatic heterocycles. The highest BCUT2D eigenvalue weighted by Gasteiger charge is 2.19. The van der Waals surface area contributed by atoms with Crippen LogP contribution in [-0.4, -0.2) is 12.6 Å². The first-order valence-corrected chi connectivity index (χ1v) is 6.11. The molecule has 0 aliphatic carbocycles. The predicted octanol–water partition coefficient (Wildman–Crippen LogP) is 2.67. The summed E-state index contributed by atoms with van der Waals surface area (Å²) >= 11 is 0. The Bertz CT molecular complexity index is 377. The number of hydrogen-bond acceptors (Lipinski definition) is 2. The molecule has 1 aromatic rings. The van der Waals surface area contributed by atoms with Crippen molar-refractivity contribution >= 4 is 5.69 Å². The van der Waals surface area contributed by atoms with Crippen molar-refractivity contribution < 1.29 is 0 Å². The molecule has 1 aliphatic heterocycles. The first-order valence-electron chi connectivity index (χ1n) is 6.11. The Kier molecular flexibility index (Phi) is 2.94. The number of nitrogens with one attached hydrogen (secondary N) is 1. The molecular weight excluding hydrogens is 196 g/mol. The van der Waals surface area contributed by atoms with Crippen LogP contribution in [0.5, 0.6) is 0 Å². The number of benzene rings is 1. The third kappa shape index (κ3) is 2.22. The monoisotopic (exact) mass is 218 g/mol. The van der Waals surface area contributed by atoms with E-state index in [0.29, 0.717) is 6.04 Å². The van der Waals surface area contributed by atoms with Crippen molar-refractivity contribution in [1.29, 1.82) is 0 Å². The summed E-state index contributed by atoms with van der Waals surface area (Å²) in [6.07, 6.45) is 2.30. The highest BCUT2D eigenvalue weighted by Crippen LogP contribution is 2.30. The van der Waals surface area contributed by atoms with Crippen molar-refractivity contribution in [3.05, 3.63) is 29.3 Å². The average Bonchev–Trinajstić information content (AvgIpc) is 2.26. The number of nitrogens with two attached hydrogens (primary N) is 1. The van der Waals surface area contributed by atoms with E-state index in [1.807, 2.05) is 0 Å². The molecule has 2 nitrogen and oxygen atoms in total. The van der Waals surface area contributed by atoms with Crippen molar-refractivity contribution in [3.8, 4) is 0 Å². The lowest BCUT2D eigenvalue weighted by molar-refractivity contribution is 0.585.